The van der Waals surface area contributed by atoms with E-state index in [4.69, 9.17) is 0 Å². The number of nitrogens with zero attached hydrogens (tertiary/aromatic N) is 1. The number of amides is 2. The quantitative estimate of drug-likeness (QED) is 0.306. The van der Waals surface area contributed by atoms with E-state index in [0.717, 1.165) is 16.7 Å². The first kappa shape index (κ1) is 25.8. The van der Waals surface area contributed by atoms with E-state index in [1.54, 1.807) is 25.2 Å². The Hall–Kier alpha value is -4.25. The molecule has 0 unspecified atom stereocenters. The van der Waals surface area contributed by atoms with Gasteiger partial charge in [-0.3, -0.25) is 9.59 Å². The molecule has 0 aliphatic rings. The predicted octanol–water partition coefficient (Wildman–Crippen LogP) is 5.73. The number of hydrogen-bond donors (Lipinski definition) is 1. The maximum atomic E-state index is 14.7. The minimum Gasteiger partial charge on any atom is -0.357 e. The van der Waals surface area contributed by atoms with Gasteiger partial charge in [0.05, 0.1) is 0 Å². The van der Waals surface area contributed by atoms with E-state index in [0.29, 0.717) is 12.0 Å². The molecule has 0 aromatic heterocycles. The Labute approximate surface area is 217 Å². The van der Waals surface area contributed by atoms with E-state index in [9.17, 15) is 14.0 Å². The fourth-order valence-corrected chi connectivity index (χ4v) is 4.62. The Morgan fingerprint density at radius 2 is 1.27 bits per heavy atom. The second kappa shape index (κ2) is 12.6. The lowest BCUT2D eigenvalue weighted by Crippen LogP contribution is -2.50. The number of hydrogen-bond acceptors (Lipinski definition) is 2. The zero-order valence-corrected chi connectivity index (χ0v) is 20.9. The number of benzene rings is 4. The van der Waals surface area contributed by atoms with Crippen LogP contribution in [-0.4, -0.2) is 29.8 Å². The second-order valence-corrected chi connectivity index (χ2v) is 9.01. The molecule has 4 rings (SSSR count). The third-order valence-corrected chi connectivity index (χ3v) is 6.60. The summed E-state index contributed by atoms with van der Waals surface area (Å²) >= 11 is 0. The molecule has 4 aromatic carbocycles. The van der Waals surface area contributed by atoms with Crippen molar-refractivity contribution in [3.05, 3.63) is 143 Å². The first-order chi connectivity index (χ1) is 18.1. The van der Waals surface area contributed by atoms with Gasteiger partial charge in [-0.05, 0) is 22.8 Å². The van der Waals surface area contributed by atoms with Crippen molar-refractivity contribution in [1.29, 1.82) is 0 Å². The topological polar surface area (TPSA) is 49.4 Å². The van der Waals surface area contributed by atoms with Crippen LogP contribution in [0, 0.1) is 5.82 Å². The van der Waals surface area contributed by atoms with E-state index < -0.39 is 11.9 Å². The van der Waals surface area contributed by atoms with Crippen LogP contribution in [0.1, 0.15) is 34.6 Å². The Balaban J connectivity index is 1.72. The first-order valence-corrected chi connectivity index (χ1v) is 12.4. The summed E-state index contributed by atoms with van der Waals surface area (Å²) in [4.78, 5) is 28.8. The smallest absolute Gasteiger partial charge is 0.242 e. The average Bonchev–Trinajstić information content (AvgIpc) is 2.95. The molecule has 1 N–H and O–H groups in total. The lowest BCUT2D eigenvalue weighted by molar-refractivity contribution is -0.141. The normalized spacial score (nSPS) is 11.6. The van der Waals surface area contributed by atoms with Crippen molar-refractivity contribution < 1.29 is 14.0 Å². The molecule has 0 heterocycles. The van der Waals surface area contributed by atoms with Crippen molar-refractivity contribution in [2.75, 3.05) is 7.05 Å². The van der Waals surface area contributed by atoms with Crippen LogP contribution in [0.25, 0.3) is 0 Å². The van der Waals surface area contributed by atoms with Gasteiger partial charge in [-0.25, -0.2) is 4.39 Å². The molecule has 37 heavy (non-hydrogen) atoms. The van der Waals surface area contributed by atoms with Gasteiger partial charge in [0.25, 0.3) is 0 Å². The first-order valence-electron chi connectivity index (χ1n) is 12.4. The Bertz CT molecular complexity index is 1260. The van der Waals surface area contributed by atoms with Crippen LogP contribution in [0.15, 0.2) is 115 Å². The van der Waals surface area contributed by atoms with Crippen LogP contribution in [0.3, 0.4) is 0 Å². The molecule has 0 fully saturated rings. The maximum Gasteiger partial charge on any atom is 0.242 e. The predicted molar refractivity (Wildman–Crippen MR) is 144 cm³/mol. The highest BCUT2D eigenvalue weighted by molar-refractivity contribution is 5.88. The zero-order chi connectivity index (χ0) is 26.0. The Kier molecular flexibility index (Phi) is 8.82. The van der Waals surface area contributed by atoms with E-state index in [1.807, 2.05) is 91.0 Å². The summed E-state index contributed by atoms with van der Waals surface area (Å²) in [5.74, 6) is -1.12. The van der Waals surface area contributed by atoms with Gasteiger partial charge in [0.2, 0.25) is 11.8 Å². The maximum absolute atomic E-state index is 14.7. The van der Waals surface area contributed by atoms with Gasteiger partial charge in [0, 0.05) is 37.9 Å². The monoisotopic (exact) mass is 494 g/mol. The molecule has 0 bridgehead atoms. The molecule has 0 spiro atoms. The van der Waals surface area contributed by atoms with E-state index in [1.165, 1.54) is 11.0 Å². The van der Waals surface area contributed by atoms with Crippen LogP contribution in [-0.2, 0) is 22.6 Å². The molecule has 0 aliphatic carbocycles. The number of carbonyl (C=O) groups excluding carboxylic acids is 2. The van der Waals surface area contributed by atoms with Gasteiger partial charge >= 0.3 is 0 Å². The highest BCUT2D eigenvalue weighted by Crippen LogP contribution is 2.30. The van der Waals surface area contributed by atoms with Gasteiger partial charge in [-0.1, -0.05) is 109 Å². The van der Waals surface area contributed by atoms with Crippen molar-refractivity contribution >= 4 is 11.8 Å². The molecule has 4 nitrogen and oxygen atoms in total. The van der Waals surface area contributed by atoms with Crippen molar-refractivity contribution in [2.24, 2.45) is 0 Å². The van der Waals surface area contributed by atoms with E-state index in [-0.39, 0.29) is 30.7 Å². The minimum atomic E-state index is -0.799. The van der Waals surface area contributed by atoms with Crippen molar-refractivity contribution in [3.8, 4) is 0 Å². The summed E-state index contributed by atoms with van der Waals surface area (Å²) in [6.07, 6.45) is 0.465. The Morgan fingerprint density at radius 1 is 0.757 bits per heavy atom. The number of nitrogens with one attached hydrogen (secondary N) is 1. The van der Waals surface area contributed by atoms with Gasteiger partial charge in [-0.15, -0.1) is 0 Å². The van der Waals surface area contributed by atoms with Gasteiger partial charge in [0.1, 0.15) is 11.9 Å². The highest BCUT2D eigenvalue weighted by Gasteiger charge is 2.32. The summed E-state index contributed by atoms with van der Waals surface area (Å²) in [5.41, 5.74) is 3.30. The van der Waals surface area contributed by atoms with Crippen LogP contribution >= 0.6 is 0 Å². The molecule has 0 radical (unpaired) electrons. The van der Waals surface area contributed by atoms with E-state index in [2.05, 4.69) is 5.32 Å². The molecular weight excluding hydrogens is 463 g/mol. The van der Waals surface area contributed by atoms with Crippen LogP contribution in [0.5, 0.6) is 0 Å². The number of carbonyl (C=O) groups is 2. The minimum absolute atomic E-state index is 0.00722. The second-order valence-electron chi connectivity index (χ2n) is 9.01. The Morgan fingerprint density at radius 3 is 1.81 bits per heavy atom. The third kappa shape index (κ3) is 6.70. The van der Waals surface area contributed by atoms with Crippen LogP contribution < -0.4 is 5.32 Å². The number of rotatable bonds is 10. The fraction of sp³-hybridized carbons (Fsp3) is 0.188. The van der Waals surface area contributed by atoms with E-state index >= 15 is 0 Å². The fourth-order valence-electron chi connectivity index (χ4n) is 4.62. The lowest BCUT2D eigenvalue weighted by atomic mass is 9.87. The van der Waals surface area contributed by atoms with Crippen molar-refractivity contribution in [2.45, 2.75) is 31.3 Å². The molecule has 4 aromatic rings. The summed E-state index contributed by atoms with van der Waals surface area (Å²) in [5, 5.41) is 2.71. The number of likely N-dealkylation sites (N-methyl/N-ethyl adjacent to an activating group) is 1. The van der Waals surface area contributed by atoms with Crippen LogP contribution in [0.2, 0.25) is 0 Å². The summed E-state index contributed by atoms with van der Waals surface area (Å²) in [7, 11) is 1.56. The van der Waals surface area contributed by atoms with Gasteiger partial charge in [-0.2, -0.15) is 0 Å². The van der Waals surface area contributed by atoms with Crippen LogP contribution in [0.4, 0.5) is 4.39 Å². The largest absolute Gasteiger partial charge is 0.357 e. The van der Waals surface area contributed by atoms with Crippen molar-refractivity contribution in [3.63, 3.8) is 0 Å². The van der Waals surface area contributed by atoms with Gasteiger partial charge < -0.3 is 10.2 Å². The molecule has 5 heteroatoms. The summed E-state index contributed by atoms with van der Waals surface area (Å²) in [6, 6.07) is 34.9. The molecule has 2 amide bonds. The standard InChI is InChI=1S/C32H31FN2O2/c1-34-32(37)30(21-24-13-5-2-6-14-24)35(23-27-19-11-12-20-29(27)33)31(36)22-28(25-15-7-3-8-16-25)26-17-9-4-10-18-26/h2-20,28,30H,21-23H2,1H3,(H,34,37)/t30-/m1/s1. The molecular formula is C32H31FN2O2. The third-order valence-electron chi connectivity index (χ3n) is 6.60. The summed E-state index contributed by atoms with van der Waals surface area (Å²) < 4.78 is 14.7. The molecule has 0 saturated carbocycles. The van der Waals surface area contributed by atoms with Crippen molar-refractivity contribution in [1.82, 2.24) is 10.2 Å². The zero-order valence-electron chi connectivity index (χ0n) is 20.9. The molecule has 1 atom stereocenters. The molecule has 0 saturated heterocycles. The molecule has 0 aliphatic heterocycles. The SMILES string of the molecule is CNC(=O)[C@@H](Cc1ccccc1)N(Cc1ccccc1F)C(=O)CC(c1ccccc1)c1ccccc1. The molecule has 188 valence electrons. The lowest BCUT2D eigenvalue weighted by Gasteiger charge is -2.32. The van der Waals surface area contributed by atoms with Gasteiger partial charge in [0.15, 0.2) is 0 Å². The summed E-state index contributed by atoms with van der Waals surface area (Å²) in [6.45, 7) is -0.00722. The highest BCUT2D eigenvalue weighted by atomic mass is 19.1. The average molecular weight is 495 g/mol. The number of halogens is 1.